The Kier molecular flexibility index (Phi) is 6.07. The van der Waals surface area contributed by atoms with Crippen LogP contribution in [-0.2, 0) is 4.74 Å². The molecule has 3 heteroatoms. The summed E-state index contributed by atoms with van der Waals surface area (Å²) in [5, 5.41) is 0. The number of nitrogens with two attached hydrogens (primary N) is 1. The van der Waals surface area contributed by atoms with Gasteiger partial charge in [0.15, 0.2) is 0 Å². The van der Waals surface area contributed by atoms with E-state index in [2.05, 4.69) is 13.8 Å². The van der Waals surface area contributed by atoms with Gasteiger partial charge in [0.05, 0.1) is 25.4 Å². The zero-order chi connectivity index (χ0) is 15.2. The fourth-order valence-electron chi connectivity index (χ4n) is 3.05. The number of rotatable bonds is 6. The van der Waals surface area contributed by atoms with Crippen molar-refractivity contribution >= 4 is 0 Å². The smallest absolute Gasteiger partial charge is 0.124 e. The molecule has 0 saturated heterocycles. The van der Waals surface area contributed by atoms with E-state index in [1.807, 2.05) is 31.2 Å². The molecule has 0 spiro atoms. The molecule has 0 heterocycles. The molecule has 0 bridgehead atoms. The largest absolute Gasteiger partial charge is 0.494 e. The van der Waals surface area contributed by atoms with Crippen LogP contribution in [0.15, 0.2) is 24.3 Å². The Morgan fingerprint density at radius 2 is 1.95 bits per heavy atom. The molecular weight excluding hydrogens is 262 g/mol. The van der Waals surface area contributed by atoms with Gasteiger partial charge in [0.2, 0.25) is 0 Å². The van der Waals surface area contributed by atoms with Gasteiger partial charge in [0, 0.05) is 5.56 Å². The molecule has 1 aromatic carbocycles. The minimum Gasteiger partial charge on any atom is -0.494 e. The maximum absolute atomic E-state index is 6.30. The van der Waals surface area contributed by atoms with E-state index < -0.39 is 0 Å². The highest BCUT2D eigenvalue weighted by atomic mass is 16.5. The minimum absolute atomic E-state index is 0.123. The van der Waals surface area contributed by atoms with Gasteiger partial charge in [-0.2, -0.15) is 0 Å². The van der Waals surface area contributed by atoms with Gasteiger partial charge in [0.25, 0.3) is 0 Å². The van der Waals surface area contributed by atoms with Crippen molar-refractivity contribution in [3.63, 3.8) is 0 Å². The molecule has 0 aliphatic heterocycles. The Hall–Kier alpha value is -1.06. The SMILES string of the molecule is CCOc1ccccc1C(N)COC1CCC(C)C(C)C1. The quantitative estimate of drug-likeness (QED) is 0.863. The first-order valence-electron chi connectivity index (χ1n) is 8.20. The van der Waals surface area contributed by atoms with Gasteiger partial charge in [-0.1, -0.05) is 32.0 Å². The molecule has 0 radical (unpaired) electrons. The van der Waals surface area contributed by atoms with E-state index in [0.717, 1.165) is 36.0 Å². The molecule has 0 aromatic heterocycles. The van der Waals surface area contributed by atoms with Gasteiger partial charge in [-0.3, -0.25) is 0 Å². The molecule has 21 heavy (non-hydrogen) atoms. The van der Waals surface area contributed by atoms with Gasteiger partial charge in [0.1, 0.15) is 5.75 Å². The Labute approximate surface area is 128 Å². The van der Waals surface area contributed by atoms with E-state index in [0.29, 0.717) is 19.3 Å². The van der Waals surface area contributed by atoms with Crippen LogP contribution < -0.4 is 10.5 Å². The van der Waals surface area contributed by atoms with Crippen molar-refractivity contribution in [1.82, 2.24) is 0 Å². The monoisotopic (exact) mass is 291 g/mol. The Morgan fingerprint density at radius 1 is 1.19 bits per heavy atom. The summed E-state index contributed by atoms with van der Waals surface area (Å²) in [5.41, 5.74) is 7.34. The van der Waals surface area contributed by atoms with Gasteiger partial charge in [-0.05, 0) is 44.1 Å². The van der Waals surface area contributed by atoms with Crippen LogP contribution in [0.2, 0.25) is 0 Å². The summed E-state index contributed by atoms with van der Waals surface area (Å²) < 4.78 is 11.7. The second-order valence-electron chi connectivity index (χ2n) is 6.30. The number of hydrogen-bond acceptors (Lipinski definition) is 3. The zero-order valence-electron chi connectivity index (χ0n) is 13.5. The van der Waals surface area contributed by atoms with Crippen molar-refractivity contribution < 1.29 is 9.47 Å². The maximum Gasteiger partial charge on any atom is 0.124 e. The fraction of sp³-hybridized carbons (Fsp3) is 0.667. The van der Waals surface area contributed by atoms with Crippen molar-refractivity contribution in [1.29, 1.82) is 0 Å². The second-order valence-corrected chi connectivity index (χ2v) is 6.30. The van der Waals surface area contributed by atoms with Crippen molar-refractivity contribution in [3.05, 3.63) is 29.8 Å². The Balaban J connectivity index is 1.88. The van der Waals surface area contributed by atoms with Gasteiger partial charge in [-0.25, -0.2) is 0 Å². The number of hydrogen-bond donors (Lipinski definition) is 1. The molecule has 1 fully saturated rings. The predicted molar refractivity (Wildman–Crippen MR) is 86.5 cm³/mol. The van der Waals surface area contributed by atoms with Crippen LogP contribution in [0.25, 0.3) is 0 Å². The van der Waals surface area contributed by atoms with Crippen LogP contribution in [0.1, 0.15) is 51.6 Å². The zero-order valence-corrected chi connectivity index (χ0v) is 13.5. The lowest BCUT2D eigenvalue weighted by Crippen LogP contribution is -2.29. The second kappa shape index (κ2) is 7.81. The molecule has 1 saturated carbocycles. The molecule has 4 unspecified atom stereocenters. The average molecular weight is 291 g/mol. The number of benzene rings is 1. The molecule has 1 aliphatic carbocycles. The first kappa shape index (κ1) is 16.3. The molecule has 1 aliphatic rings. The highest BCUT2D eigenvalue weighted by Crippen LogP contribution is 2.32. The van der Waals surface area contributed by atoms with Gasteiger partial charge in [-0.15, -0.1) is 0 Å². The Morgan fingerprint density at radius 3 is 2.67 bits per heavy atom. The normalized spacial score (nSPS) is 27.3. The van der Waals surface area contributed by atoms with Crippen LogP contribution >= 0.6 is 0 Å². The van der Waals surface area contributed by atoms with Crippen LogP contribution in [0.4, 0.5) is 0 Å². The summed E-state index contributed by atoms with van der Waals surface area (Å²) in [6.07, 6.45) is 3.93. The van der Waals surface area contributed by atoms with Crippen molar-refractivity contribution in [2.24, 2.45) is 17.6 Å². The topological polar surface area (TPSA) is 44.5 Å². The lowest BCUT2D eigenvalue weighted by molar-refractivity contribution is -0.00385. The van der Waals surface area contributed by atoms with Gasteiger partial charge >= 0.3 is 0 Å². The molecule has 3 nitrogen and oxygen atoms in total. The first-order chi connectivity index (χ1) is 10.1. The van der Waals surface area contributed by atoms with E-state index >= 15 is 0 Å². The summed E-state index contributed by atoms with van der Waals surface area (Å²) in [5.74, 6) is 2.44. The van der Waals surface area contributed by atoms with E-state index in [1.165, 1.54) is 6.42 Å². The Bertz CT molecular complexity index is 435. The third-order valence-electron chi connectivity index (χ3n) is 4.68. The molecule has 2 N–H and O–H groups in total. The molecular formula is C18H29NO2. The van der Waals surface area contributed by atoms with E-state index in [1.54, 1.807) is 0 Å². The lowest BCUT2D eigenvalue weighted by atomic mass is 9.80. The first-order valence-corrected chi connectivity index (χ1v) is 8.20. The summed E-state index contributed by atoms with van der Waals surface area (Å²) >= 11 is 0. The van der Waals surface area contributed by atoms with Crippen molar-refractivity contribution in [3.8, 4) is 5.75 Å². The highest BCUT2D eigenvalue weighted by Gasteiger charge is 2.25. The molecule has 1 aromatic rings. The van der Waals surface area contributed by atoms with Crippen molar-refractivity contribution in [2.45, 2.75) is 52.2 Å². The van der Waals surface area contributed by atoms with E-state index in [9.17, 15) is 0 Å². The van der Waals surface area contributed by atoms with E-state index in [-0.39, 0.29) is 6.04 Å². The maximum atomic E-state index is 6.30. The number of ether oxygens (including phenoxy) is 2. The minimum atomic E-state index is -0.123. The fourth-order valence-corrected chi connectivity index (χ4v) is 3.05. The number of para-hydroxylation sites is 1. The van der Waals surface area contributed by atoms with Crippen LogP contribution in [0.5, 0.6) is 5.75 Å². The third-order valence-corrected chi connectivity index (χ3v) is 4.68. The summed E-state index contributed by atoms with van der Waals surface area (Å²) in [4.78, 5) is 0. The van der Waals surface area contributed by atoms with Gasteiger partial charge < -0.3 is 15.2 Å². The van der Waals surface area contributed by atoms with Crippen LogP contribution in [0.3, 0.4) is 0 Å². The predicted octanol–water partition coefficient (Wildman–Crippen LogP) is 3.93. The van der Waals surface area contributed by atoms with Crippen molar-refractivity contribution in [2.75, 3.05) is 13.2 Å². The standard InChI is InChI=1S/C18H29NO2/c1-4-20-18-8-6-5-7-16(18)17(19)12-21-15-10-9-13(2)14(3)11-15/h5-8,13-15,17H,4,9-12,19H2,1-3H3. The summed E-state index contributed by atoms with van der Waals surface area (Å²) in [7, 11) is 0. The summed E-state index contributed by atoms with van der Waals surface area (Å²) in [6.45, 7) is 7.87. The van der Waals surface area contributed by atoms with Crippen LogP contribution in [0, 0.1) is 11.8 Å². The molecule has 0 amide bonds. The van der Waals surface area contributed by atoms with Crippen LogP contribution in [-0.4, -0.2) is 19.3 Å². The van der Waals surface area contributed by atoms with E-state index in [4.69, 9.17) is 15.2 Å². The highest BCUT2D eigenvalue weighted by molar-refractivity contribution is 5.35. The molecule has 118 valence electrons. The lowest BCUT2D eigenvalue weighted by Gasteiger charge is -2.32. The third kappa shape index (κ3) is 4.45. The summed E-state index contributed by atoms with van der Waals surface area (Å²) in [6, 6.07) is 7.87. The average Bonchev–Trinajstić information content (AvgIpc) is 2.49. The molecule has 2 rings (SSSR count). The molecule has 4 atom stereocenters.